The highest BCUT2D eigenvalue weighted by Gasteiger charge is 2.42. The topological polar surface area (TPSA) is 99.1 Å². The molecule has 0 unspecified atom stereocenters. The molecule has 0 saturated carbocycles. The van der Waals surface area contributed by atoms with E-state index in [-0.39, 0.29) is 11.6 Å². The van der Waals surface area contributed by atoms with Gasteiger partial charge in [0.1, 0.15) is 0 Å². The fourth-order valence-electron chi connectivity index (χ4n) is 3.99. The summed E-state index contributed by atoms with van der Waals surface area (Å²) in [5.41, 5.74) is -0.167. The summed E-state index contributed by atoms with van der Waals surface area (Å²) >= 11 is 0. The molecule has 172 valence electrons. The van der Waals surface area contributed by atoms with Gasteiger partial charge in [-0.2, -0.15) is 13.2 Å². The van der Waals surface area contributed by atoms with Gasteiger partial charge in [0.25, 0.3) is 0 Å². The first-order valence-corrected chi connectivity index (χ1v) is 10.2. The number of likely N-dealkylation sites (tertiary alicyclic amines) is 2. The van der Waals surface area contributed by atoms with Gasteiger partial charge in [0.15, 0.2) is 0 Å². The Labute approximate surface area is 177 Å². The minimum atomic E-state index is -5.08. The smallest absolute Gasteiger partial charge is 0.475 e. The number of morpholine rings is 1. The zero-order valence-electron chi connectivity index (χ0n) is 17.1. The zero-order chi connectivity index (χ0) is 22.5. The fourth-order valence-corrected chi connectivity index (χ4v) is 3.99. The number of ether oxygens (including phenoxy) is 1. The van der Waals surface area contributed by atoms with Crippen LogP contribution in [0.4, 0.5) is 23.9 Å². The quantitative estimate of drug-likeness (QED) is 0.706. The summed E-state index contributed by atoms with van der Waals surface area (Å²) in [6.45, 7) is 5.70. The summed E-state index contributed by atoms with van der Waals surface area (Å²) in [6.07, 6.45) is 2.52. The average Bonchev–Trinajstić information content (AvgIpc) is 3.29. The fraction of sp³-hybridized carbons (Fsp3) is 0.684. The lowest BCUT2D eigenvalue weighted by molar-refractivity contribution is -0.192. The number of aliphatic carboxylic acids is 1. The minimum absolute atomic E-state index is 0.167. The van der Waals surface area contributed by atoms with Crippen LogP contribution in [0.25, 0.3) is 0 Å². The molecule has 0 bridgehead atoms. The van der Waals surface area contributed by atoms with E-state index in [4.69, 9.17) is 14.6 Å². The number of aromatic nitrogens is 2. The monoisotopic (exact) mass is 445 g/mol. The van der Waals surface area contributed by atoms with Crippen molar-refractivity contribution in [3.05, 3.63) is 18.5 Å². The number of rotatable bonds is 1. The molecule has 2 amide bonds. The molecule has 9 nitrogen and oxygen atoms in total. The summed E-state index contributed by atoms with van der Waals surface area (Å²) in [5, 5.41) is 7.12. The molecule has 1 spiro atoms. The maximum Gasteiger partial charge on any atom is 0.490 e. The second kappa shape index (κ2) is 9.67. The number of carboxylic acids is 1. The predicted molar refractivity (Wildman–Crippen MR) is 104 cm³/mol. The predicted octanol–water partition coefficient (Wildman–Crippen LogP) is 2.00. The molecule has 4 heterocycles. The van der Waals surface area contributed by atoms with Crippen molar-refractivity contribution in [2.75, 3.05) is 50.8 Å². The number of piperidine rings is 1. The van der Waals surface area contributed by atoms with E-state index in [0.29, 0.717) is 6.61 Å². The Hall–Kier alpha value is -2.63. The Morgan fingerprint density at radius 3 is 2.10 bits per heavy atom. The molecule has 0 atom stereocenters. The van der Waals surface area contributed by atoms with Crippen LogP contribution in [0.15, 0.2) is 18.5 Å². The van der Waals surface area contributed by atoms with E-state index in [0.717, 1.165) is 70.9 Å². The molecule has 0 aliphatic carbocycles. The van der Waals surface area contributed by atoms with Crippen molar-refractivity contribution in [1.29, 1.82) is 0 Å². The van der Waals surface area contributed by atoms with Gasteiger partial charge in [-0.15, -0.1) is 0 Å². The number of halogens is 3. The average molecular weight is 445 g/mol. The van der Waals surface area contributed by atoms with Gasteiger partial charge in [-0.3, -0.25) is 0 Å². The van der Waals surface area contributed by atoms with Gasteiger partial charge in [-0.25, -0.2) is 19.6 Å². The van der Waals surface area contributed by atoms with Crippen LogP contribution >= 0.6 is 0 Å². The van der Waals surface area contributed by atoms with Gasteiger partial charge in [0.2, 0.25) is 5.95 Å². The van der Waals surface area contributed by atoms with Crippen molar-refractivity contribution >= 4 is 17.9 Å². The Morgan fingerprint density at radius 1 is 1.00 bits per heavy atom. The van der Waals surface area contributed by atoms with Crippen LogP contribution < -0.4 is 4.90 Å². The SMILES string of the molecule is O=C(N1CCCC1)N1CCC2(CC1)CN(c1ncccn1)CCO2.O=C(O)C(F)(F)F. The lowest BCUT2D eigenvalue weighted by Crippen LogP contribution is -2.58. The number of hydrogen-bond acceptors (Lipinski definition) is 6. The lowest BCUT2D eigenvalue weighted by Gasteiger charge is -2.47. The summed E-state index contributed by atoms with van der Waals surface area (Å²) in [5.74, 6) is -1.98. The van der Waals surface area contributed by atoms with E-state index in [9.17, 15) is 18.0 Å². The molecule has 0 aromatic carbocycles. The molecule has 12 heteroatoms. The van der Waals surface area contributed by atoms with Gasteiger partial charge >= 0.3 is 18.2 Å². The van der Waals surface area contributed by atoms with Gasteiger partial charge in [-0.1, -0.05) is 0 Å². The lowest BCUT2D eigenvalue weighted by atomic mass is 9.89. The van der Waals surface area contributed by atoms with Crippen molar-refractivity contribution in [2.45, 2.75) is 37.5 Å². The molecular weight excluding hydrogens is 419 g/mol. The number of urea groups is 1. The van der Waals surface area contributed by atoms with Gasteiger partial charge in [0.05, 0.1) is 18.8 Å². The molecule has 3 fully saturated rings. The highest BCUT2D eigenvalue weighted by atomic mass is 19.4. The van der Waals surface area contributed by atoms with Crippen LogP contribution in [0.2, 0.25) is 0 Å². The summed E-state index contributed by atoms with van der Waals surface area (Å²) in [7, 11) is 0. The van der Waals surface area contributed by atoms with Crippen LogP contribution in [0.1, 0.15) is 25.7 Å². The third-order valence-corrected chi connectivity index (χ3v) is 5.65. The molecule has 1 aromatic rings. The molecule has 3 saturated heterocycles. The Balaban J connectivity index is 0.000000339. The van der Waals surface area contributed by atoms with Crippen LogP contribution in [-0.4, -0.2) is 94.5 Å². The molecule has 1 N–H and O–H groups in total. The van der Waals surface area contributed by atoms with Gasteiger partial charge < -0.3 is 24.5 Å². The summed E-state index contributed by atoms with van der Waals surface area (Å²) in [4.78, 5) is 36.4. The number of carbonyl (C=O) groups excluding carboxylic acids is 1. The van der Waals surface area contributed by atoms with Crippen molar-refractivity contribution < 1.29 is 32.6 Å². The van der Waals surface area contributed by atoms with Crippen molar-refractivity contribution in [3.63, 3.8) is 0 Å². The number of alkyl halides is 3. The number of amides is 2. The van der Waals surface area contributed by atoms with Crippen LogP contribution in [0, 0.1) is 0 Å². The molecule has 3 aliphatic heterocycles. The van der Waals surface area contributed by atoms with Crippen molar-refractivity contribution in [3.8, 4) is 0 Å². The van der Waals surface area contributed by atoms with E-state index < -0.39 is 12.1 Å². The number of nitrogens with zero attached hydrogens (tertiary/aromatic N) is 5. The Bertz CT molecular complexity index is 751. The molecule has 4 rings (SSSR count). The second-order valence-electron chi connectivity index (χ2n) is 7.77. The first-order chi connectivity index (χ1) is 14.7. The number of carbonyl (C=O) groups is 2. The van der Waals surface area contributed by atoms with E-state index in [1.807, 2.05) is 15.9 Å². The number of hydrogen-bond donors (Lipinski definition) is 1. The van der Waals surface area contributed by atoms with Crippen LogP contribution in [-0.2, 0) is 9.53 Å². The molecular formula is C19H26F3N5O4. The molecule has 1 aromatic heterocycles. The Kier molecular flexibility index (Phi) is 7.19. The Morgan fingerprint density at radius 2 is 1.55 bits per heavy atom. The third kappa shape index (κ3) is 5.96. The van der Waals surface area contributed by atoms with E-state index in [1.54, 1.807) is 12.4 Å². The minimum Gasteiger partial charge on any atom is -0.475 e. The number of anilines is 1. The molecule has 3 aliphatic rings. The third-order valence-electron chi connectivity index (χ3n) is 5.65. The van der Waals surface area contributed by atoms with Crippen molar-refractivity contribution in [2.24, 2.45) is 0 Å². The van der Waals surface area contributed by atoms with E-state index >= 15 is 0 Å². The maximum atomic E-state index is 12.5. The van der Waals surface area contributed by atoms with Crippen LogP contribution in [0.3, 0.4) is 0 Å². The zero-order valence-corrected chi connectivity index (χ0v) is 17.1. The standard InChI is InChI=1S/C17H25N5O2.C2HF3O2/c23-16(20-8-1-2-9-20)21-10-4-17(5-11-21)14-22(12-13-24-17)15-18-6-3-7-19-15;3-2(4,5)1(6)7/h3,6-7H,1-2,4-5,8-14H2;(H,6,7). The second-order valence-corrected chi connectivity index (χ2v) is 7.77. The highest BCUT2D eigenvalue weighted by molar-refractivity contribution is 5.75. The maximum absolute atomic E-state index is 12.5. The summed E-state index contributed by atoms with van der Waals surface area (Å²) in [6, 6.07) is 2.05. The highest BCUT2D eigenvalue weighted by Crippen LogP contribution is 2.31. The van der Waals surface area contributed by atoms with Gasteiger partial charge in [-0.05, 0) is 31.7 Å². The normalized spacial score (nSPS) is 20.9. The largest absolute Gasteiger partial charge is 0.490 e. The van der Waals surface area contributed by atoms with E-state index in [1.165, 1.54) is 0 Å². The summed E-state index contributed by atoms with van der Waals surface area (Å²) < 4.78 is 37.9. The van der Waals surface area contributed by atoms with Crippen molar-refractivity contribution in [1.82, 2.24) is 19.8 Å². The number of carboxylic acid groups (broad SMARTS) is 1. The first-order valence-electron chi connectivity index (χ1n) is 10.2. The molecule has 0 radical (unpaired) electrons. The van der Waals surface area contributed by atoms with Crippen LogP contribution in [0.5, 0.6) is 0 Å². The molecule has 31 heavy (non-hydrogen) atoms. The first kappa shape index (κ1) is 23.0. The van der Waals surface area contributed by atoms with Gasteiger partial charge in [0, 0.05) is 45.1 Å². The van der Waals surface area contributed by atoms with E-state index in [2.05, 4.69) is 14.9 Å².